The van der Waals surface area contributed by atoms with Crippen molar-refractivity contribution in [3.63, 3.8) is 0 Å². The van der Waals surface area contributed by atoms with Crippen LogP contribution in [0.3, 0.4) is 0 Å². The molecule has 1 atom stereocenters. The van der Waals surface area contributed by atoms with E-state index < -0.39 is 0 Å². The van der Waals surface area contributed by atoms with Crippen molar-refractivity contribution in [3.05, 3.63) is 5.82 Å². The first-order valence-electron chi connectivity index (χ1n) is 6.68. The average molecular weight is 268 g/mol. The third-order valence-electron chi connectivity index (χ3n) is 3.67. The van der Waals surface area contributed by atoms with Gasteiger partial charge in [0.05, 0.1) is 6.04 Å². The van der Waals surface area contributed by atoms with Crippen molar-refractivity contribution in [2.45, 2.75) is 63.8 Å². The summed E-state index contributed by atoms with van der Waals surface area (Å²) >= 11 is 3.80. The zero-order chi connectivity index (χ0) is 13.0. The van der Waals surface area contributed by atoms with Crippen molar-refractivity contribution in [1.29, 1.82) is 0 Å². The summed E-state index contributed by atoms with van der Waals surface area (Å²) in [6.07, 6.45) is 7.39. The first-order chi connectivity index (χ1) is 8.68. The maximum atomic E-state index is 10.9. The molecular formula is C12H20N4OS. The minimum absolute atomic E-state index is 0.0708. The summed E-state index contributed by atoms with van der Waals surface area (Å²) in [4.78, 5) is 10.9. The molecular weight excluding hydrogens is 248 g/mol. The molecule has 1 saturated carbocycles. The number of carbonyl (C=O) groups is 1. The summed E-state index contributed by atoms with van der Waals surface area (Å²) in [6, 6.07) is 0.443. The lowest BCUT2D eigenvalue weighted by Crippen LogP contribution is -2.18. The van der Waals surface area contributed by atoms with Gasteiger partial charge in [-0.15, -0.1) is 17.7 Å². The van der Waals surface area contributed by atoms with E-state index in [9.17, 15) is 4.79 Å². The van der Waals surface area contributed by atoms with Gasteiger partial charge in [-0.05, 0) is 29.7 Å². The Kier molecular flexibility index (Phi) is 4.74. The highest BCUT2D eigenvalue weighted by molar-refractivity contribution is 7.96. The number of thiol groups is 1. The summed E-state index contributed by atoms with van der Waals surface area (Å²) in [7, 11) is 0. The summed E-state index contributed by atoms with van der Waals surface area (Å²) < 4.78 is 1.98. The Morgan fingerprint density at radius 1 is 1.44 bits per heavy atom. The van der Waals surface area contributed by atoms with Crippen molar-refractivity contribution in [2.75, 3.05) is 0 Å². The van der Waals surface area contributed by atoms with Crippen LogP contribution in [-0.4, -0.2) is 25.3 Å². The van der Waals surface area contributed by atoms with Gasteiger partial charge in [0.1, 0.15) is 0 Å². The van der Waals surface area contributed by atoms with Crippen LogP contribution >= 0.6 is 12.6 Å². The van der Waals surface area contributed by atoms with Gasteiger partial charge in [-0.3, -0.25) is 4.79 Å². The first-order valence-corrected chi connectivity index (χ1v) is 7.12. The van der Waals surface area contributed by atoms with Crippen LogP contribution < -0.4 is 0 Å². The number of hydrogen-bond donors (Lipinski definition) is 1. The van der Waals surface area contributed by atoms with Crippen molar-refractivity contribution < 1.29 is 4.79 Å². The third kappa shape index (κ3) is 3.31. The topological polar surface area (TPSA) is 60.7 Å². The van der Waals surface area contributed by atoms with E-state index in [2.05, 4.69) is 35.1 Å². The lowest BCUT2D eigenvalue weighted by atomic mass is 9.95. The Bertz CT molecular complexity index is 401. The Hall–Kier alpha value is -0.910. The van der Waals surface area contributed by atoms with E-state index in [0.717, 1.165) is 25.1 Å². The maximum Gasteiger partial charge on any atom is 0.185 e. The zero-order valence-electron chi connectivity index (χ0n) is 10.7. The van der Waals surface area contributed by atoms with Gasteiger partial charge in [-0.2, -0.15) is 0 Å². The maximum absolute atomic E-state index is 10.9. The molecule has 5 nitrogen and oxygen atoms in total. The van der Waals surface area contributed by atoms with Gasteiger partial charge in [0.25, 0.3) is 0 Å². The van der Waals surface area contributed by atoms with Crippen LogP contribution in [0, 0.1) is 0 Å². The number of hydrogen-bond acceptors (Lipinski definition) is 4. The third-order valence-corrected chi connectivity index (χ3v) is 3.89. The molecule has 0 bridgehead atoms. The van der Waals surface area contributed by atoms with Crippen LogP contribution in [0.2, 0.25) is 0 Å². The summed E-state index contributed by atoms with van der Waals surface area (Å²) in [5.74, 6) is 1.12. The molecule has 1 unspecified atom stereocenters. The molecule has 0 amide bonds. The predicted molar refractivity (Wildman–Crippen MR) is 71.6 cm³/mol. The fourth-order valence-electron chi connectivity index (χ4n) is 2.58. The van der Waals surface area contributed by atoms with E-state index in [1.54, 1.807) is 0 Å². The normalized spacial score (nSPS) is 18.8. The second-order valence-corrected chi connectivity index (χ2v) is 5.61. The van der Waals surface area contributed by atoms with Crippen molar-refractivity contribution in [2.24, 2.45) is 0 Å². The summed E-state index contributed by atoms with van der Waals surface area (Å²) in [5.41, 5.74) is 0. The molecule has 0 radical (unpaired) electrons. The molecule has 2 rings (SSSR count). The summed E-state index contributed by atoms with van der Waals surface area (Å²) in [6.45, 7) is 2.07. The Labute approximate surface area is 113 Å². The number of rotatable bonds is 5. The molecule has 100 valence electrons. The van der Waals surface area contributed by atoms with E-state index in [0.29, 0.717) is 12.5 Å². The molecule has 1 aliphatic carbocycles. The molecule has 0 aromatic carbocycles. The molecule has 18 heavy (non-hydrogen) atoms. The number of aromatic nitrogens is 4. The van der Waals surface area contributed by atoms with E-state index in [-0.39, 0.29) is 11.0 Å². The highest BCUT2D eigenvalue weighted by Crippen LogP contribution is 2.30. The Balaban J connectivity index is 2.03. The molecule has 0 spiro atoms. The summed E-state index contributed by atoms with van der Waals surface area (Å²) in [5, 5.41) is 12.0. The minimum Gasteiger partial charge on any atom is -0.288 e. The molecule has 1 aliphatic rings. The van der Waals surface area contributed by atoms with Gasteiger partial charge in [0, 0.05) is 12.3 Å². The largest absolute Gasteiger partial charge is 0.288 e. The van der Waals surface area contributed by atoms with Crippen molar-refractivity contribution in [1.82, 2.24) is 20.2 Å². The SMILES string of the molecule is CC(CCC(=O)S)c1nnnn1C1CCCCC1. The standard InChI is InChI=1S/C12H20N4OS/c1-9(7-8-11(17)18)12-13-14-15-16(12)10-5-3-2-4-6-10/h9-10H,2-8H2,1H3,(H,17,18). The molecule has 1 heterocycles. The fraction of sp³-hybridized carbons (Fsp3) is 0.833. The van der Waals surface area contributed by atoms with E-state index in [1.807, 2.05) is 4.68 Å². The number of nitrogens with zero attached hydrogens (tertiary/aromatic N) is 4. The van der Waals surface area contributed by atoms with Crippen LogP contribution in [0.4, 0.5) is 0 Å². The molecule has 1 aromatic rings. The van der Waals surface area contributed by atoms with Crippen molar-refractivity contribution >= 4 is 17.7 Å². The lowest BCUT2D eigenvalue weighted by molar-refractivity contribution is -0.110. The van der Waals surface area contributed by atoms with E-state index >= 15 is 0 Å². The molecule has 0 N–H and O–H groups in total. The second kappa shape index (κ2) is 6.31. The van der Waals surface area contributed by atoms with Gasteiger partial charge in [0.2, 0.25) is 0 Å². The van der Waals surface area contributed by atoms with Crippen LogP contribution in [-0.2, 0) is 4.79 Å². The number of carbonyl (C=O) groups excluding carboxylic acids is 1. The van der Waals surface area contributed by atoms with Gasteiger partial charge in [-0.25, -0.2) is 4.68 Å². The quantitative estimate of drug-likeness (QED) is 0.834. The van der Waals surface area contributed by atoms with Crippen LogP contribution in [0.15, 0.2) is 0 Å². The van der Waals surface area contributed by atoms with E-state index in [1.165, 1.54) is 19.3 Å². The molecule has 1 fully saturated rings. The second-order valence-electron chi connectivity index (χ2n) is 5.11. The molecule has 0 aliphatic heterocycles. The van der Waals surface area contributed by atoms with Crippen LogP contribution in [0.1, 0.15) is 69.7 Å². The molecule has 0 saturated heterocycles. The van der Waals surface area contributed by atoms with Crippen LogP contribution in [0.5, 0.6) is 0 Å². The fourth-order valence-corrected chi connectivity index (χ4v) is 2.71. The smallest absolute Gasteiger partial charge is 0.185 e. The molecule has 6 heteroatoms. The highest BCUT2D eigenvalue weighted by Gasteiger charge is 2.22. The lowest BCUT2D eigenvalue weighted by Gasteiger charge is -2.23. The van der Waals surface area contributed by atoms with Crippen molar-refractivity contribution in [3.8, 4) is 0 Å². The predicted octanol–water partition coefficient (Wildman–Crippen LogP) is 2.52. The van der Waals surface area contributed by atoms with E-state index in [4.69, 9.17) is 0 Å². The first kappa shape index (κ1) is 13.5. The monoisotopic (exact) mass is 268 g/mol. The average Bonchev–Trinajstić information content (AvgIpc) is 2.86. The highest BCUT2D eigenvalue weighted by atomic mass is 32.1. The van der Waals surface area contributed by atoms with Gasteiger partial charge < -0.3 is 0 Å². The zero-order valence-corrected chi connectivity index (χ0v) is 11.6. The van der Waals surface area contributed by atoms with Gasteiger partial charge in [0.15, 0.2) is 10.9 Å². The Morgan fingerprint density at radius 2 is 2.17 bits per heavy atom. The Morgan fingerprint density at radius 3 is 2.83 bits per heavy atom. The van der Waals surface area contributed by atoms with Gasteiger partial charge in [-0.1, -0.05) is 26.2 Å². The van der Waals surface area contributed by atoms with Crippen LogP contribution in [0.25, 0.3) is 0 Å². The molecule has 1 aromatic heterocycles. The minimum atomic E-state index is -0.0708. The number of tetrazole rings is 1. The van der Waals surface area contributed by atoms with Gasteiger partial charge >= 0.3 is 0 Å².